The topological polar surface area (TPSA) is 29.1 Å². The fraction of sp³-hybridized carbons (Fsp3) is 0.500. The van der Waals surface area contributed by atoms with Gasteiger partial charge in [0, 0.05) is 13.1 Å². The maximum Gasteiger partial charge on any atom is 0.220 e. The summed E-state index contributed by atoms with van der Waals surface area (Å²) >= 11 is 1.65. The highest BCUT2D eigenvalue weighted by molar-refractivity contribution is 8.02. The van der Waals surface area contributed by atoms with E-state index >= 15 is 0 Å². The Morgan fingerprint density at radius 2 is 2.44 bits per heavy atom. The van der Waals surface area contributed by atoms with Gasteiger partial charge >= 0.3 is 0 Å². The lowest BCUT2D eigenvalue weighted by molar-refractivity contribution is -0.118. The first kappa shape index (κ1) is 8.56. The molecule has 0 aromatic heterocycles. The Hall–Kier alpha value is -0.440. The van der Waals surface area contributed by atoms with Crippen LogP contribution in [0.5, 0.6) is 0 Å². The smallest absolute Gasteiger partial charge is 0.220 e. The van der Waals surface area contributed by atoms with E-state index in [1.807, 2.05) is 5.41 Å². The van der Waals surface area contributed by atoms with E-state index in [1.54, 1.807) is 18.0 Å². The Balaban J connectivity index is 3.14. The Labute approximate surface area is 59.7 Å². The van der Waals surface area contributed by atoms with E-state index in [9.17, 15) is 4.79 Å². The van der Waals surface area contributed by atoms with Gasteiger partial charge in [0.1, 0.15) is 0 Å². The van der Waals surface area contributed by atoms with Crippen molar-refractivity contribution in [1.82, 2.24) is 5.32 Å². The van der Waals surface area contributed by atoms with E-state index in [0.717, 1.165) is 5.75 Å². The van der Waals surface area contributed by atoms with Crippen LogP contribution in [0, 0.1) is 0 Å². The standard InChI is InChI=1S/C6H11NOS/c1-3-9-5-4-7-6(2)8/h4-5H,3H2,1-2H3,(H,7,8). The van der Waals surface area contributed by atoms with Gasteiger partial charge in [0.25, 0.3) is 0 Å². The normalized spacial score (nSPS) is 10.0. The monoisotopic (exact) mass is 145 g/mol. The molecule has 0 rings (SSSR count). The predicted molar refractivity (Wildman–Crippen MR) is 41.1 cm³/mol. The van der Waals surface area contributed by atoms with Crippen LogP contribution in [0.2, 0.25) is 0 Å². The van der Waals surface area contributed by atoms with E-state index in [-0.39, 0.29) is 5.91 Å². The molecule has 0 fully saturated rings. The van der Waals surface area contributed by atoms with Crippen LogP contribution < -0.4 is 5.32 Å². The largest absolute Gasteiger partial charge is 0.332 e. The van der Waals surface area contributed by atoms with Crippen molar-refractivity contribution in [2.24, 2.45) is 0 Å². The van der Waals surface area contributed by atoms with Crippen molar-refractivity contribution in [1.29, 1.82) is 0 Å². The van der Waals surface area contributed by atoms with Crippen LogP contribution in [0.15, 0.2) is 11.6 Å². The van der Waals surface area contributed by atoms with Crippen LogP contribution in [-0.2, 0) is 4.79 Å². The maximum atomic E-state index is 10.2. The van der Waals surface area contributed by atoms with Gasteiger partial charge in [-0.3, -0.25) is 4.79 Å². The molecule has 1 N–H and O–H groups in total. The summed E-state index contributed by atoms with van der Waals surface area (Å²) in [6, 6.07) is 0. The van der Waals surface area contributed by atoms with Crippen LogP contribution in [0.25, 0.3) is 0 Å². The van der Waals surface area contributed by atoms with Gasteiger partial charge < -0.3 is 5.32 Å². The summed E-state index contributed by atoms with van der Waals surface area (Å²) in [5, 5.41) is 4.40. The molecule has 0 aromatic carbocycles. The molecule has 0 unspecified atom stereocenters. The molecule has 9 heavy (non-hydrogen) atoms. The van der Waals surface area contributed by atoms with Gasteiger partial charge in [-0.25, -0.2) is 0 Å². The van der Waals surface area contributed by atoms with Crippen molar-refractivity contribution < 1.29 is 4.79 Å². The Kier molecular flexibility index (Phi) is 5.41. The van der Waals surface area contributed by atoms with Crippen molar-refractivity contribution in [3.63, 3.8) is 0 Å². The molecule has 0 spiro atoms. The van der Waals surface area contributed by atoms with Crippen molar-refractivity contribution in [3.8, 4) is 0 Å². The molecule has 3 heteroatoms. The SMILES string of the molecule is CCSC=CNC(C)=O. The first-order valence-electron chi connectivity index (χ1n) is 2.81. The van der Waals surface area contributed by atoms with Crippen LogP contribution in [0.3, 0.4) is 0 Å². The van der Waals surface area contributed by atoms with Crippen LogP contribution in [-0.4, -0.2) is 11.7 Å². The molecule has 0 heterocycles. The molecule has 2 nitrogen and oxygen atoms in total. The van der Waals surface area contributed by atoms with Crippen molar-refractivity contribution in [2.75, 3.05) is 5.75 Å². The molecular weight excluding hydrogens is 134 g/mol. The summed E-state index contributed by atoms with van der Waals surface area (Å²) < 4.78 is 0. The minimum absolute atomic E-state index is 0.0250. The Morgan fingerprint density at radius 1 is 1.78 bits per heavy atom. The predicted octanol–water partition coefficient (Wildman–Crippen LogP) is 1.35. The minimum atomic E-state index is -0.0250. The Bertz CT molecular complexity index is 112. The summed E-state index contributed by atoms with van der Waals surface area (Å²) in [5.41, 5.74) is 0. The van der Waals surface area contributed by atoms with Crippen LogP contribution >= 0.6 is 11.8 Å². The number of rotatable bonds is 3. The zero-order chi connectivity index (χ0) is 7.11. The van der Waals surface area contributed by atoms with E-state index in [0.29, 0.717) is 0 Å². The van der Waals surface area contributed by atoms with Gasteiger partial charge in [-0.1, -0.05) is 6.92 Å². The van der Waals surface area contributed by atoms with Gasteiger partial charge in [0.2, 0.25) is 5.91 Å². The molecule has 0 radical (unpaired) electrons. The third kappa shape index (κ3) is 7.56. The third-order valence-electron chi connectivity index (χ3n) is 0.618. The van der Waals surface area contributed by atoms with Crippen molar-refractivity contribution in [3.05, 3.63) is 11.6 Å². The molecule has 0 aromatic rings. The summed E-state index contributed by atoms with van der Waals surface area (Å²) in [7, 11) is 0. The zero-order valence-corrected chi connectivity index (χ0v) is 6.49. The Morgan fingerprint density at radius 3 is 2.89 bits per heavy atom. The number of carbonyl (C=O) groups excluding carboxylic acids is 1. The second kappa shape index (κ2) is 5.69. The fourth-order valence-electron chi connectivity index (χ4n) is 0.296. The molecule has 0 aliphatic rings. The van der Waals surface area contributed by atoms with E-state index in [2.05, 4.69) is 12.2 Å². The van der Waals surface area contributed by atoms with Gasteiger partial charge in [-0.05, 0) is 11.2 Å². The highest BCUT2D eigenvalue weighted by atomic mass is 32.2. The lowest BCUT2D eigenvalue weighted by Gasteiger charge is -1.88. The van der Waals surface area contributed by atoms with E-state index in [1.165, 1.54) is 6.92 Å². The molecular formula is C6H11NOS. The molecule has 52 valence electrons. The highest BCUT2D eigenvalue weighted by Crippen LogP contribution is 1.97. The average molecular weight is 145 g/mol. The van der Waals surface area contributed by atoms with Crippen molar-refractivity contribution >= 4 is 17.7 Å². The molecule has 0 atom stereocenters. The van der Waals surface area contributed by atoms with Crippen molar-refractivity contribution in [2.45, 2.75) is 13.8 Å². The lowest BCUT2D eigenvalue weighted by atomic mass is 10.7. The maximum absolute atomic E-state index is 10.2. The molecule has 0 aliphatic heterocycles. The molecule has 1 amide bonds. The molecule has 0 saturated heterocycles. The number of thioether (sulfide) groups is 1. The zero-order valence-electron chi connectivity index (χ0n) is 5.68. The fourth-order valence-corrected chi connectivity index (χ4v) is 0.652. The van der Waals surface area contributed by atoms with Crippen LogP contribution in [0.1, 0.15) is 13.8 Å². The first-order valence-corrected chi connectivity index (χ1v) is 3.86. The third-order valence-corrected chi connectivity index (χ3v) is 1.28. The number of carbonyl (C=O) groups is 1. The number of hydrogen-bond donors (Lipinski definition) is 1. The highest BCUT2D eigenvalue weighted by Gasteiger charge is 1.79. The van der Waals surface area contributed by atoms with Gasteiger partial charge in [0.05, 0.1) is 0 Å². The van der Waals surface area contributed by atoms with Gasteiger partial charge in [-0.15, -0.1) is 11.8 Å². The van der Waals surface area contributed by atoms with Gasteiger partial charge in [0.15, 0.2) is 0 Å². The molecule has 0 bridgehead atoms. The summed E-state index contributed by atoms with van der Waals surface area (Å²) in [6.45, 7) is 3.55. The molecule has 0 saturated carbocycles. The van der Waals surface area contributed by atoms with E-state index < -0.39 is 0 Å². The lowest BCUT2D eigenvalue weighted by Crippen LogP contribution is -2.10. The van der Waals surface area contributed by atoms with E-state index in [4.69, 9.17) is 0 Å². The first-order chi connectivity index (χ1) is 4.27. The summed E-state index contributed by atoms with van der Waals surface area (Å²) in [5.74, 6) is 1.01. The second-order valence-corrected chi connectivity index (χ2v) is 2.64. The van der Waals surface area contributed by atoms with Crippen LogP contribution in [0.4, 0.5) is 0 Å². The summed E-state index contributed by atoms with van der Waals surface area (Å²) in [6.07, 6.45) is 1.65. The average Bonchev–Trinajstić information content (AvgIpc) is 1.80. The molecule has 0 aliphatic carbocycles. The number of amides is 1. The number of hydrogen-bond acceptors (Lipinski definition) is 2. The van der Waals surface area contributed by atoms with Gasteiger partial charge in [-0.2, -0.15) is 0 Å². The second-order valence-electron chi connectivity index (χ2n) is 1.46. The number of nitrogens with one attached hydrogen (secondary N) is 1. The minimum Gasteiger partial charge on any atom is -0.332 e. The quantitative estimate of drug-likeness (QED) is 0.649. The summed E-state index contributed by atoms with van der Waals surface area (Å²) in [4.78, 5) is 10.2.